The third-order valence-electron chi connectivity index (χ3n) is 8.05. The number of rotatable bonds is 7. The normalized spacial score (nSPS) is 22.5. The average Bonchev–Trinajstić information content (AvgIpc) is 3.21. The number of carbonyl (C=O) groups is 1. The van der Waals surface area contributed by atoms with Gasteiger partial charge in [0.2, 0.25) is 0 Å². The van der Waals surface area contributed by atoms with Crippen molar-refractivity contribution in [1.29, 1.82) is 0 Å². The number of alkyl carbamates (subject to hydrolysis) is 1. The van der Waals surface area contributed by atoms with E-state index in [1.807, 2.05) is 40.0 Å². The van der Waals surface area contributed by atoms with Gasteiger partial charge in [0.05, 0.1) is 15.3 Å². The van der Waals surface area contributed by atoms with Gasteiger partial charge in [-0.3, -0.25) is 4.99 Å². The Bertz CT molecular complexity index is 1260. The molecule has 2 N–H and O–H groups in total. The van der Waals surface area contributed by atoms with Crippen molar-refractivity contribution in [1.82, 2.24) is 15.5 Å². The van der Waals surface area contributed by atoms with Crippen LogP contribution in [0.15, 0.2) is 63.3 Å². The highest BCUT2D eigenvalue weighted by molar-refractivity contribution is 14.1. The molecule has 0 radical (unpaired) electrons. The standard InChI is InChI=1S/C32H42FIN4O3/c1-7-25(34)28(22(3)36-26-13-8-9-18-40-26)35-20-21(2)38-16-14-32(15-17-38)19-23-11-10-12-24(33)27(23)29(32)37-30(39)41-31(4,5)6/h10-12,20,26,29,36H,1,3,8-9,13-19H2,2,4-6H3,(H,37,39)/b21-20+,35-28+/t26?,29-/m1/s1. The number of piperidine rings is 1. The van der Waals surface area contributed by atoms with E-state index >= 15 is 4.39 Å². The Kier molecular flexibility index (Phi) is 10.0. The van der Waals surface area contributed by atoms with E-state index in [0.29, 0.717) is 17.0 Å². The van der Waals surface area contributed by atoms with E-state index in [1.54, 1.807) is 6.07 Å². The molecule has 41 heavy (non-hydrogen) atoms. The fraction of sp³-hybridized carbons (Fsp3) is 0.531. The summed E-state index contributed by atoms with van der Waals surface area (Å²) in [5.41, 5.74) is 5.94. The molecule has 1 unspecified atom stereocenters. The smallest absolute Gasteiger partial charge is 0.408 e. The molecule has 1 aromatic rings. The molecule has 0 saturated carbocycles. The minimum absolute atomic E-state index is 0.0681. The fourth-order valence-corrected chi connectivity index (χ4v) is 6.44. The first-order valence-electron chi connectivity index (χ1n) is 14.3. The van der Waals surface area contributed by atoms with Crippen molar-refractivity contribution >= 4 is 34.4 Å². The summed E-state index contributed by atoms with van der Waals surface area (Å²) in [7, 11) is 0. The third kappa shape index (κ3) is 7.62. The second kappa shape index (κ2) is 13.1. The van der Waals surface area contributed by atoms with E-state index in [9.17, 15) is 4.79 Å². The summed E-state index contributed by atoms with van der Waals surface area (Å²) in [4.78, 5) is 19.9. The van der Waals surface area contributed by atoms with Crippen molar-refractivity contribution < 1.29 is 18.7 Å². The van der Waals surface area contributed by atoms with Crippen LogP contribution in [0.1, 0.15) is 77.0 Å². The predicted octanol–water partition coefficient (Wildman–Crippen LogP) is 7.07. The van der Waals surface area contributed by atoms with Gasteiger partial charge in [-0.1, -0.05) is 25.3 Å². The molecule has 7 nitrogen and oxygen atoms in total. The average molecular weight is 677 g/mol. The van der Waals surface area contributed by atoms with Crippen molar-refractivity contribution in [3.05, 3.63) is 75.2 Å². The largest absolute Gasteiger partial charge is 0.444 e. The van der Waals surface area contributed by atoms with Crippen molar-refractivity contribution in [2.45, 2.75) is 84.1 Å². The van der Waals surface area contributed by atoms with Crippen molar-refractivity contribution in [2.75, 3.05) is 19.7 Å². The van der Waals surface area contributed by atoms with E-state index in [0.717, 1.165) is 73.1 Å². The van der Waals surface area contributed by atoms with Crippen LogP contribution in [0.2, 0.25) is 0 Å². The number of benzene rings is 1. The Morgan fingerprint density at radius 3 is 2.66 bits per heavy atom. The molecule has 9 heteroatoms. The summed E-state index contributed by atoms with van der Waals surface area (Å²) in [6.45, 7) is 17.8. The van der Waals surface area contributed by atoms with Gasteiger partial charge >= 0.3 is 6.09 Å². The van der Waals surface area contributed by atoms with Crippen LogP contribution >= 0.6 is 22.6 Å². The minimum Gasteiger partial charge on any atom is -0.444 e. The molecule has 0 aromatic heterocycles. The van der Waals surface area contributed by atoms with Crippen molar-refractivity contribution in [2.24, 2.45) is 10.4 Å². The van der Waals surface area contributed by atoms with Crippen LogP contribution in [-0.4, -0.2) is 48.2 Å². The van der Waals surface area contributed by atoms with E-state index in [-0.39, 0.29) is 17.5 Å². The first kappa shape index (κ1) is 31.3. The second-order valence-electron chi connectivity index (χ2n) is 12.1. The number of halogens is 2. The molecular weight excluding hydrogens is 634 g/mol. The van der Waals surface area contributed by atoms with Gasteiger partial charge in [0.25, 0.3) is 0 Å². The Labute approximate surface area is 257 Å². The monoisotopic (exact) mass is 676 g/mol. The van der Waals surface area contributed by atoms with Crippen LogP contribution in [-0.2, 0) is 15.9 Å². The molecule has 0 bridgehead atoms. The van der Waals surface area contributed by atoms with Crippen LogP contribution < -0.4 is 10.6 Å². The van der Waals surface area contributed by atoms with Crippen LogP contribution in [0, 0.1) is 11.2 Å². The minimum atomic E-state index is -0.637. The lowest BCUT2D eigenvalue weighted by Gasteiger charge is -2.44. The molecule has 1 aliphatic carbocycles. The van der Waals surface area contributed by atoms with Gasteiger partial charge in [0.15, 0.2) is 0 Å². The summed E-state index contributed by atoms with van der Waals surface area (Å²) < 4.78 is 27.2. The number of likely N-dealkylation sites (tertiary alicyclic amines) is 1. The summed E-state index contributed by atoms with van der Waals surface area (Å²) in [6.07, 6.45) is 6.70. The van der Waals surface area contributed by atoms with Crippen LogP contribution in [0.5, 0.6) is 0 Å². The number of hydrogen-bond acceptors (Lipinski definition) is 6. The number of amides is 1. The topological polar surface area (TPSA) is 75.2 Å². The predicted molar refractivity (Wildman–Crippen MR) is 169 cm³/mol. The zero-order chi connectivity index (χ0) is 29.8. The SMILES string of the molecule is C=C=C(I)/C(=N/C=C(\C)N1CCC2(CC1)Cc1cccc(F)c1[C@H]2NC(=O)OC(C)(C)C)C(=C)NC1CCCCO1. The molecule has 2 atom stereocenters. The lowest BCUT2D eigenvalue weighted by Crippen LogP contribution is -2.47. The first-order valence-corrected chi connectivity index (χ1v) is 15.4. The number of ether oxygens (including phenoxy) is 2. The fourth-order valence-electron chi connectivity index (χ4n) is 5.98. The summed E-state index contributed by atoms with van der Waals surface area (Å²) in [6, 6.07) is 4.75. The molecular formula is C32H42FIN4O3. The Morgan fingerprint density at radius 1 is 1.29 bits per heavy atom. The quantitative estimate of drug-likeness (QED) is 0.184. The maximum atomic E-state index is 15.1. The second-order valence-corrected chi connectivity index (χ2v) is 13.2. The number of nitrogens with zero attached hydrogens (tertiary/aromatic N) is 2. The highest BCUT2D eigenvalue weighted by Gasteiger charge is 2.50. The van der Waals surface area contributed by atoms with Crippen LogP contribution in [0.3, 0.4) is 0 Å². The maximum Gasteiger partial charge on any atom is 0.408 e. The van der Waals surface area contributed by atoms with Gasteiger partial charge < -0.3 is 25.0 Å². The van der Waals surface area contributed by atoms with Crippen molar-refractivity contribution in [3.63, 3.8) is 0 Å². The highest BCUT2D eigenvalue weighted by Crippen LogP contribution is 2.53. The van der Waals surface area contributed by atoms with E-state index < -0.39 is 17.7 Å². The zero-order valence-electron chi connectivity index (χ0n) is 24.6. The number of allylic oxidation sites excluding steroid dienone is 2. The zero-order valence-corrected chi connectivity index (χ0v) is 26.8. The number of aliphatic imine (C=N–C) groups is 1. The van der Waals surface area contributed by atoms with E-state index in [1.165, 1.54) is 6.07 Å². The highest BCUT2D eigenvalue weighted by atomic mass is 127. The summed E-state index contributed by atoms with van der Waals surface area (Å²) >= 11 is 2.17. The lowest BCUT2D eigenvalue weighted by atomic mass is 9.72. The van der Waals surface area contributed by atoms with Gasteiger partial charge in [0.1, 0.15) is 23.4 Å². The molecule has 2 heterocycles. The number of fused-ring (bicyclic) bond motifs is 1. The van der Waals surface area contributed by atoms with Crippen LogP contribution in [0.4, 0.5) is 9.18 Å². The van der Waals surface area contributed by atoms with E-state index in [2.05, 4.69) is 57.0 Å². The summed E-state index contributed by atoms with van der Waals surface area (Å²) in [5.74, 6) is -0.279. The third-order valence-corrected chi connectivity index (χ3v) is 8.94. The van der Waals surface area contributed by atoms with Gasteiger partial charge in [-0.25, -0.2) is 9.18 Å². The lowest BCUT2D eigenvalue weighted by molar-refractivity contribution is 0.00228. The van der Waals surface area contributed by atoms with Gasteiger partial charge in [-0.2, -0.15) is 0 Å². The Hall–Kier alpha value is -2.62. The molecule has 2 aliphatic heterocycles. The maximum absolute atomic E-state index is 15.1. The Balaban J connectivity index is 1.49. The molecule has 1 spiro atoms. The van der Waals surface area contributed by atoms with E-state index in [4.69, 9.17) is 14.5 Å². The molecule has 2 saturated heterocycles. The Morgan fingerprint density at radius 2 is 2.02 bits per heavy atom. The molecule has 1 aromatic carbocycles. The number of carbonyl (C=O) groups excluding carboxylic acids is 1. The van der Waals surface area contributed by atoms with Crippen LogP contribution in [0.25, 0.3) is 0 Å². The summed E-state index contributed by atoms with van der Waals surface area (Å²) in [5, 5.41) is 6.40. The molecule has 3 aliphatic rings. The van der Waals surface area contributed by atoms with Gasteiger partial charge in [-0.15, -0.1) is 5.73 Å². The number of nitrogens with one attached hydrogen (secondary N) is 2. The molecule has 2 fully saturated rings. The molecule has 222 valence electrons. The van der Waals surface area contributed by atoms with Gasteiger partial charge in [0, 0.05) is 42.6 Å². The number of hydrogen-bond donors (Lipinski definition) is 2. The van der Waals surface area contributed by atoms with Crippen molar-refractivity contribution in [3.8, 4) is 0 Å². The molecule has 4 rings (SSSR count). The first-order chi connectivity index (χ1) is 19.4. The van der Waals surface area contributed by atoms with Gasteiger partial charge in [-0.05, 0) is 100 Å². The molecule has 1 amide bonds.